The highest BCUT2D eigenvalue weighted by Crippen LogP contribution is 2.33. The molecule has 7 heteroatoms. The molecule has 22 heavy (non-hydrogen) atoms. The van der Waals surface area contributed by atoms with Gasteiger partial charge in [-0.05, 0) is 13.3 Å². The Balaban J connectivity index is 1.95. The van der Waals surface area contributed by atoms with Crippen molar-refractivity contribution in [1.82, 2.24) is 19.7 Å². The third-order valence-electron chi connectivity index (χ3n) is 4.32. The monoisotopic (exact) mass is 321 g/mol. The number of nitrogens with zero attached hydrogens (tertiary/aromatic N) is 5. The Bertz CT molecular complexity index is 657. The van der Waals surface area contributed by atoms with Gasteiger partial charge >= 0.3 is 0 Å². The van der Waals surface area contributed by atoms with E-state index in [1.54, 1.807) is 11.3 Å². The van der Waals surface area contributed by atoms with Gasteiger partial charge in [0.25, 0.3) is 0 Å². The van der Waals surface area contributed by atoms with Gasteiger partial charge in [-0.25, -0.2) is 9.67 Å². The third kappa shape index (κ3) is 2.47. The zero-order valence-corrected chi connectivity index (χ0v) is 14.5. The molecule has 3 rings (SSSR count). The maximum atomic E-state index is 12.5. The van der Waals surface area contributed by atoms with Crippen LogP contribution < -0.4 is 4.90 Å². The molecule has 120 valence electrons. The molecular formula is C15H23N5OS. The molecule has 0 N–H and O–H groups in total. The van der Waals surface area contributed by atoms with Crippen LogP contribution in [-0.2, 0) is 11.8 Å². The van der Waals surface area contributed by atoms with Crippen LogP contribution >= 0.6 is 11.3 Å². The summed E-state index contributed by atoms with van der Waals surface area (Å²) in [5.41, 5.74) is 1.92. The van der Waals surface area contributed by atoms with Gasteiger partial charge in [-0.1, -0.05) is 31.1 Å². The van der Waals surface area contributed by atoms with E-state index in [1.165, 1.54) is 0 Å². The minimum absolute atomic E-state index is 0.0764. The van der Waals surface area contributed by atoms with Crippen LogP contribution in [0.1, 0.15) is 31.9 Å². The number of likely N-dealkylation sites (N-methyl/N-ethyl adjacent to an activating group) is 1. The molecule has 0 radical (unpaired) electrons. The van der Waals surface area contributed by atoms with E-state index in [4.69, 9.17) is 4.98 Å². The van der Waals surface area contributed by atoms with Crippen LogP contribution in [0, 0.1) is 6.92 Å². The number of anilines is 1. The SMILES string of the molecule is CCCC[C@@H]1C(=O)N(C)CCN1c1nc2c(s1)c(C)nn2C. The Kier molecular flexibility index (Phi) is 4.08. The Morgan fingerprint density at radius 1 is 1.32 bits per heavy atom. The number of unbranched alkanes of at least 4 members (excludes halogenated alkanes) is 1. The lowest BCUT2D eigenvalue weighted by atomic mass is 10.1. The van der Waals surface area contributed by atoms with Crippen LogP contribution in [0.15, 0.2) is 0 Å². The van der Waals surface area contributed by atoms with Gasteiger partial charge in [0, 0.05) is 27.2 Å². The number of thiazole rings is 1. The lowest BCUT2D eigenvalue weighted by Gasteiger charge is -2.39. The van der Waals surface area contributed by atoms with Crippen molar-refractivity contribution in [3.05, 3.63) is 5.69 Å². The van der Waals surface area contributed by atoms with Crippen molar-refractivity contribution < 1.29 is 4.79 Å². The normalized spacial score (nSPS) is 19.5. The number of piperazine rings is 1. The number of carbonyl (C=O) groups is 1. The van der Waals surface area contributed by atoms with Crippen molar-refractivity contribution in [2.45, 2.75) is 39.2 Å². The minimum Gasteiger partial charge on any atom is -0.342 e. The van der Waals surface area contributed by atoms with Crippen LogP contribution in [0.2, 0.25) is 0 Å². The quantitative estimate of drug-likeness (QED) is 0.866. The largest absolute Gasteiger partial charge is 0.342 e. The molecule has 1 aliphatic rings. The van der Waals surface area contributed by atoms with Crippen molar-refractivity contribution in [3.63, 3.8) is 0 Å². The van der Waals surface area contributed by atoms with Gasteiger partial charge in [-0.2, -0.15) is 5.10 Å². The molecule has 0 bridgehead atoms. The highest BCUT2D eigenvalue weighted by atomic mass is 32.1. The molecule has 1 atom stereocenters. The van der Waals surface area contributed by atoms with Crippen LogP contribution in [0.5, 0.6) is 0 Å². The summed E-state index contributed by atoms with van der Waals surface area (Å²) < 4.78 is 2.95. The van der Waals surface area contributed by atoms with E-state index >= 15 is 0 Å². The molecule has 0 unspecified atom stereocenters. The molecular weight excluding hydrogens is 298 g/mol. The Morgan fingerprint density at radius 2 is 2.09 bits per heavy atom. The number of carbonyl (C=O) groups excluding carboxylic acids is 1. The molecule has 6 nitrogen and oxygen atoms in total. The molecule has 1 aliphatic heterocycles. The molecule has 1 saturated heterocycles. The molecule has 2 aromatic rings. The zero-order valence-electron chi connectivity index (χ0n) is 13.7. The van der Waals surface area contributed by atoms with Gasteiger partial charge < -0.3 is 9.80 Å². The molecule has 0 aromatic carbocycles. The smallest absolute Gasteiger partial charge is 0.245 e. The molecule has 0 saturated carbocycles. The van der Waals surface area contributed by atoms with E-state index in [0.717, 1.165) is 53.5 Å². The first-order valence-electron chi connectivity index (χ1n) is 7.84. The predicted molar refractivity (Wildman–Crippen MR) is 89.4 cm³/mol. The third-order valence-corrected chi connectivity index (χ3v) is 5.51. The zero-order chi connectivity index (χ0) is 15.9. The fraction of sp³-hybridized carbons (Fsp3) is 0.667. The van der Waals surface area contributed by atoms with Gasteiger partial charge in [0.15, 0.2) is 10.8 Å². The maximum absolute atomic E-state index is 12.5. The second-order valence-corrected chi connectivity index (χ2v) is 6.95. The summed E-state index contributed by atoms with van der Waals surface area (Å²) in [5, 5.41) is 5.36. The van der Waals surface area contributed by atoms with Crippen LogP contribution in [0.3, 0.4) is 0 Å². The second-order valence-electron chi connectivity index (χ2n) is 5.97. The second kappa shape index (κ2) is 5.87. The van der Waals surface area contributed by atoms with Gasteiger partial charge in [0.1, 0.15) is 6.04 Å². The summed E-state index contributed by atoms with van der Waals surface area (Å²) >= 11 is 1.65. The number of amides is 1. The maximum Gasteiger partial charge on any atom is 0.245 e. The highest BCUT2D eigenvalue weighted by molar-refractivity contribution is 7.22. The number of aromatic nitrogens is 3. The standard InChI is InChI=1S/C15H23N5OS/c1-5-6-7-11-14(21)18(3)8-9-20(11)15-16-13-12(22-15)10(2)17-19(13)4/h11H,5-9H2,1-4H3/t11-/m1/s1. The molecule has 2 aromatic heterocycles. The van der Waals surface area contributed by atoms with E-state index < -0.39 is 0 Å². The van der Waals surface area contributed by atoms with Crippen LogP contribution in [0.25, 0.3) is 10.3 Å². The molecule has 1 fully saturated rings. The van der Waals surface area contributed by atoms with E-state index in [9.17, 15) is 4.79 Å². The van der Waals surface area contributed by atoms with E-state index in [-0.39, 0.29) is 11.9 Å². The van der Waals surface area contributed by atoms with Crippen LogP contribution in [0.4, 0.5) is 5.13 Å². The Morgan fingerprint density at radius 3 is 2.77 bits per heavy atom. The van der Waals surface area contributed by atoms with Gasteiger partial charge in [0.2, 0.25) is 5.91 Å². The summed E-state index contributed by atoms with van der Waals surface area (Å²) in [7, 11) is 3.81. The first-order valence-corrected chi connectivity index (χ1v) is 8.66. The highest BCUT2D eigenvalue weighted by Gasteiger charge is 2.34. The fourth-order valence-electron chi connectivity index (χ4n) is 3.01. The molecule has 0 aliphatic carbocycles. The number of hydrogen-bond donors (Lipinski definition) is 0. The average Bonchev–Trinajstić information content (AvgIpc) is 3.03. The summed E-state index contributed by atoms with van der Waals surface area (Å²) in [6.45, 7) is 5.78. The number of rotatable bonds is 4. The molecule has 3 heterocycles. The van der Waals surface area contributed by atoms with Gasteiger partial charge in [-0.15, -0.1) is 0 Å². The lowest BCUT2D eigenvalue weighted by Crippen LogP contribution is -2.55. The first kappa shape index (κ1) is 15.3. The van der Waals surface area contributed by atoms with Crippen molar-refractivity contribution >= 4 is 32.7 Å². The van der Waals surface area contributed by atoms with Crippen molar-refractivity contribution in [2.24, 2.45) is 7.05 Å². The van der Waals surface area contributed by atoms with Gasteiger partial charge in [-0.3, -0.25) is 4.79 Å². The molecule has 0 spiro atoms. The van der Waals surface area contributed by atoms with E-state index in [1.807, 2.05) is 30.6 Å². The van der Waals surface area contributed by atoms with Gasteiger partial charge in [0.05, 0.1) is 10.4 Å². The fourth-order valence-corrected chi connectivity index (χ4v) is 4.12. The average molecular weight is 321 g/mol. The summed E-state index contributed by atoms with van der Waals surface area (Å²) in [6.07, 6.45) is 3.06. The van der Waals surface area contributed by atoms with Crippen molar-refractivity contribution in [3.8, 4) is 0 Å². The first-order chi connectivity index (χ1) is 10.5. The minimum atomic E-state index is -0.0764. The number of aryl methyl sites for hydroxylation is 2. The van der Waals surface area contributed by atoms with Crippen LogP contribution in [-0.4, -0.2) is 51.8 Å². The van der Waals surface area contributed by atoms with Crippen molar-refractivity contribution in [1.29, 1.82) is 0 Å². The summed E-state index contributed by atoms with van der Waals surface area (Å²) in [4.78, 5) is 21.3. The molecule has 1 amide bonds. The summed E-state index contributed by atoms with van der Waals surface area (Å²) in [6, 6.07) is -0.0764. The number of hydrogen-bond acceptors (Lipinski definition) is 5. The Hall–Kier alpha value is -1.63. The topological polar surface area (TPSA) is 54.3 Å². The lowest BCUT2D eigenvalue weighted by molar-refractivity contribution is -0.133. The predicted octanol–water partition coefficient (Wildman–Crippen LogP) is 2.18. The van der Waals surface area contributed by atoms with E-state index in [0.29, 0.717) is 0 Å². The number of fused-ring (bicyclic) bond motifs is 1. The Labute approximate surface area is 134 Å². The van der Waals surface area contributed by atoms with E-state index in [2.05, 4.69) is 16.9 Å². The summed E-state index contributed by atoms with van der Waals surface area (Å²) in [5.74, 6) is 0.216. The van der Waals surface area contributed by atoms with Crippen molar-refractivity contribution in [2.75, 3.05) is 25.0 Å².